The summed E-state index contributed by atoms with van der Waals surface area (Å²) in [5.41, 5.74) is 13.0. The highest BCUT2D eigenvalue weighted by atomic mass is 15.2. The lowest BCUT2D eigenvalue weighted by Crippen LogP contribution is -2.25. The summed E-state index contributed by atoms with van der Waals surface area (Å²) in [6.07, 6.45) is 4.67. The van der Waals surface area contributed by atoms with Crippen LogP contribution in [0.2, 0.25) is 0 Å². The summed E-state index contributed by atoms with van der Waals surface area (Å²) in [5, 5.41) is 11.4. The van der Waals surface area contributed by atoms with E-state index in [1.54, 1.807) is 0 Å². The molecule has 0 spiro atoms. The third-order valence-electron chi connectivity index (χ3n) is 11.8. The van der Waals surface area contributed by atoms with Crippen LogP contribution in [0.1, 0.15) is 17.2 Å². The molecule has 0 saturated heterocycles. The van der Waals surface area contributed by atoms with E-state index < -0.39 is 0 Å². The lowest BCUT2D eigenvalue weighted by atomic mass is 9.96. The molecule has 4 heteroatoms. The Kier molecular flexibility index (Phi) is 6.96. The molecule has 11 aromatic rings. The van der Waals surface area contributed by atoms with Crippen molar-refractivity contribution in [2.24, 2.45) is 0 Å². The molecule has 4 heterocycles. The van der Waals surface area contributed by atoms with Gasteiger partial charge in [-0.15, -0.1) is 0 Å². The topological polar surface area (TPSA) is 26.8 Å². The fraction of sp³-hybridized carbons (Fsp3) is 0.0189. The molecular weight excluding hydrogens is 693 g/mol. The maximum absolute atomic E-state index is 3.98. The summed E-state index contributed by atoms with van der Waals surface area (Å²) in [6, 6.07) is 70.3. The van der Waals surface area contributed by atoms with Gasteiger partial charge in [0, 0.05) is 43.7 Å². The van der Waals surface area contributed by atoms with Gasteiger partial charge in [0.25, 0.3) is 0 Å². The maximum Gasteiger partial charge on any atom is 0.112 e. The molecule has 0 saturated carbocycles. The van der Waals surface area contributed by atoms with Crippen LogP contribution in [-0.4, -0.2) is 13.7 Å². The Morgan fingerprint density at radius 2 is 0.947 bits per heavy atom. The third kappa shape index (κ3) is 4.81. The summed E-state index contributed by atoms with van der Waals surface area (Å²) < 4.78 is 7.37. The molecule has 12 rings (SSSR count). The van der Waals surface area contributed by atoms with Crippen LogP contribution in [0.3, 0.4) is 0 Å². The number of allylic oxidation sites excluding steroid dienone is 2. The number of para-hydroxylation sites is 4. The number of fused-ring (bicyclic) bond motifs is 10. The van der Waals surface area contributed by atoms with Crippen LogP contribution in [0.25, 0.3) is 88.2 Å². The standard InChI is InChI=1S/C53H36N4/c1-5-17-35(18-6-1)37-31-45(36-19-7-2-8-20-36)54-51(32-37)57-47-28-16-14-26-41(47)43-33-44-50(34-49(43)57)55(38-21-9-3-10-22-38)48-30-29-42-40-25-13-15-27-46(40)56(53(42)52(44)48)39-23-11-4-12-24-39/h1-34,45,54H. The highest BCUT2D eigenvalue weighted by molar-refractivity contribution is 6.28. The summed E-state index contributed by atoms with van der Waals surface area (Å²) in [4.78, 5) is 0. The predicted molar refractivity (Wildman–Crippen MR) is 239 cm³/mol. The molecule has 0 radical (unpaired) electrons. The van der Waals surface area contributed by atoms with Crippen molar-refractivity contribution in [3.63, 3.8) is 0 Å². The number of aromatic nitrogens is 3. The van der Waals surface area contributed by atoms with E-state index in [0.717, 1.165) is 22.7 Å². The van der Waals surface area contributed by atoms with Crippen molar-refractivity contribution in [3.05, 3.63) is 217 Å². The number of benzene rings is 8. The van der Waals surface area contributed by atoms with E-state index in [2.05, 4.69) is 225 Å². The second kappa shape index (κ2) is 12.5. The van der Waals surface area contributed by atoms with Crippen molar-refractivity contribution in [1.29, 1.82) is 0 Å². The zero-order valence-electron chi connectivity index (χ0n) is 31.0. The molecule has 0 amide bonds. The fourth-order valence-electron chi connectivity index (χ4n) is 9.37. The Morgan fingerprint density at radius 1 is 0.386 bits per heavy atom. The smallest absolute Gasteiger partial charge is 0.112 e. The van der Waals surface area contributed by atoms with Crippen LogP contribution in [0.15, 0.2) is 206 Å². The summed E-state index contributed by atoms with van der Waals surface area (Å²) in [7, 11) is 0. The maximum atomic E-state index is 3.98. The number of nitrogens with one attached hydrogen (secondary N) is 1. The molecule has 0 bridgehead atoms. The van der Waals surface area contributed by atoms with Gasteiger partial charge < -0.3 is 14.5 Å². The Bertz CT molecular complexity index is 3400. The van der Waals surface area contributed by atoms with Gasteiger partial charge in [-0.2, -0.15) is 0 Å². The molecule has 3 aromatic heterocycles. The van der Waals surface area contributed by atoms with Crippen LogP contribution in [0, 0.1) is 0 Å². The van der Waals surface area contributed by atoms with Gasteiger partial charge in [-0.05, 0) is 83.4 Å². The van der Waals surface area contributed by atoms with Gasteiger partial charge in [0.2, 0.25) is 0 Å². The fourth-order valence-corrected chi connectivity index (χ4v) is 9.37. The largest absolute Gasteiger partial charge is 0.361 e. The van der Waals surface area contributed by atoms with Crippen LogP contribution >= 0.6 is 0 Å². The van der Waals surface area contributed by atoms with Gasteiger partial charge in [0.15, 0.2) is 0 Å². The van der Waals surface area contributed by atoms with Crippen molar-refractivity contribution >= 4 is 76.8 Å². The van der Waals surface area contributed by atoms with E-state index in [1.165, 1.54) is 76.6 Å². The summed E-state index contributed by atoms with van der Waals surface area (Å²) in [6.45, 7) is 0. The third-order valence-corrected chi connectivity index (χ3v) is 11.8. The van der Waals surface area contributed by atoms with E-state index in [-0.39, 0.29) is 6.04 Å². The molecule has 57 heavy (non-hydrogen) atoms. The molecule has 1 atom stereocenters. The van der Waals surface area contributed by atoms with Crippen LogP contribution in [0.5, 0.6) is 0 Å². The summed E-state index contributed by atoms with van der Waals surface area (Å²) >= 11 is 0. The second-order valence-corrected chi connectivity index (χ2v) is 15.0. The van der Waals surface area contributed by atoms with E-state index in [1.807, 2.05) is 0 Å². The van der Waals surface area contributed by atoms with Gasteiger partial charge in [-0.1, -0.05) is 140 Å². The summed E-state index contributed by atoms with van der Waals surface area (Å²) in [5.74, 6) is 1.05. The van der Waals surface area contributed by atoms with Gasteiger partial charge in [0.1, 0.15) is 5.82 Å². The van der Waals surface area contributed by atoms with Crippen LogP contribution in [0.4, 0.5) is 0 Å². The van der Waals surface area contributed by atoms with Crippen LogP contribution in [-0.2, 0) is 0 Å². The minimum absolute atomic E-state index is 0.00897. The minimum atomic E-state index is -0.00897. The Morgan fingerprint density at radius 3 is 1.65 bits per heavy atom. The zero-order valence-corrected chi connectivity index (χ0v) is 31.0. The SMILES string of the molecule is C1=C(c2ccccc2)C=C(n2c3ccccc3c3cc4c5c(ccc6c7ccccc7n(-c7ccccc7)c65)n(-c5ccccc5)c4cc32)NC1c1ccccc1. The second-order valence-electron chi connectivity index (χ2n) is 15.0. The first-order valence-electron chi connectivity index (χ1n) is 19.7. The Labute approximate surface area is 329 Å². The molecule has 8 aromatic carbocycles. The number of hydrogen-bond acceptors (Lipinski definition) is 1. The molecule has 1 aliphatic heterocycles. The lowest BCUT2D eigenvalue weighted by Gasteiger charge is -2.27. The lowest BCUT2D eigenvalue weighted by molar-refractivity contribution is 0.739. The Balaban J connectivity index is 1.21. The predicted octanol–water partition coefficient (Wildman–Crippen LogP) is 13.2. The molecule has 4 nitrogen and oxygen atoms in total. The molecule has 1 N–H and O–H groups in total. The first-order chi connectivity index (χ1) is 28.3. The average molecular weight is 729 g/mol. The Hall–Kier alpha value is -7.56. The highest BCUT2D eigenvalue weighted by Gasteiger charge is 2.25. The average Bonchev–Trinajstić information content (AvgIpc) is 3.92. The molecule has 268 valence electrons. The molecule has 1 aliphatic rings. The van der Waals surface area contributed by atoms with Crippen molar-refractivity contribution in [3.8, 4) is 11.4 Å². The molecular formula is C53H36N4. The van der Waals surface area contributed by atoms with Gasteiger partial charge in [-0.3, -0.25) is 4.57 Å². The molecule has 0 aliphatic carbocycles. The van der Waals surface area contributed by atoms with Crippen molar-refractivity contribution in [1.82, 2.24) is 19.0 Å². The van der Waals surface area contributed by atoms with Gasteiger partial charge in [-0.25, -0.2) is 0 Å². The first kappa shape index (κ1) is 31.8. The quantitative estimate of drug-likeness (QED) is 0.188. The monoisotopic (exact) mass is 728 g/mol. The highest BCUT2D eigenvalue weighted by Crippen LogP contribution is 2.45. The number of nitrogens with zero attached hydrogens (tertiary/aromatic N) is 3. The van der Waals surface area contributed by atoms with E-state index in [9.17, 15) is 0 Å². The van der Waals surface area contributed by atoms with E-state index in [0.29, 0.717) is 0 Å². The van der Waals surface area contributed by atoms with Crippen molar-refractivity contribution < 1.29 is 0 Å². The normalized spacial score (nSPS) is 14.5. The first-order valence-corrected chi connectivity index (χ1v) is 19.7. The molecule has 1 unspecified atom stereocenters. The number of rotatable bonds is 5. The van der Waals surface area contributed by atoms with Gasteiger partial charge in [0.05, 0.1) is 39.1 Å². The van der Waals surface area contributed by atoms with Crippen molar-refractivity contribution in [2.75, 3.05) is 0 Å². The number of dihydropyridines is 1. The van der Waals surface area contributed by atoms with E-state index in [4.69, 9.17) is 0 Å². The van der Waals surface area contributed by atoms with E-state index >= 15 is 0 Å². The zero-order chi connectivity index (χ0) is 37.5. The number of hydrogen-bond donors (Lipinski definition) is 1. The van der Waals surface area contributed by atoms with Gasteiger partial charge >= 0.3 is 0 Å². The molecule has 0 fully saturated rings. The van der Waals surface area contributed by atoms with Crippen LogP contribution < -0.4 is 5.32 Å². The minimum Gasteiger partial charge on any atom is -0.361 e. The van der Waals surface area contributed by atoms with Crippen molar-refractivity contribution in [2.45, 2.75) is 6.04 Å².